The lowest BCUT2D eigenvalue weighted by molar-refractivity contribution is -0.275. The van der Waals surface area contributed by atoms with Gasteiger partial charge in [0.25, 0.3) is 0 Å². The number of hydrogen-bond acceptors (Lipinski definition) is 6. The van der Waals surface area contributed by atoms with Crippen molar-refractivity contribution < 1.29 is 28.8 Å². The number of benzene rings is 5. The largest absolute Gasteiger partial charge is 0.392 e. The molecule has 1 N–H and O–H groups in total. The molecular weight excluding hydrogens is 624 g/mol. The fourth-order valence-electron chi connectivity index (χ4n) is 5.95. The lowest BCUT2D eigenvalue weighted by Crippen LogP contribution is -2.58. The zero-order valence-electron chi connectivity index (χ0n) is 26.8. The van der Waals surface area contributed by atoms with Crippen molar-refractivity contribution in [1.82, 2.24) is 0 Å². The van der Waals surface area contributed by atoms with Crippen molar-refractivity contribution in [3.8, 4) is 0 Å². The molecule has 248 valence electrons. The standard InChI is InChI=1S/C41H41ClO6/c42-36-22-21-34(24-43)23-35(36)38-40(46-27-32-17-9-3-10-18-32)41(47-28-33-19-11-4-12-20-33)39(45-26-31-15-7-2-8-16-31)37(48-38)29-44-25-30-13-5-1-6-14-30/h1-23,37-41,43H,24-29H2/t37-,38+,39-,40+,41+/m1/s1. The number of ether oxygens (including phenoxy) is 5. The maximum atomic E-state index is 10.0. The Labute approximate surface area is 287 Å². The van der Waals surface area contributed by atoms with E-state index >= 15 is 0 Å². The Bertz CT molecular complexity index is 1650. The average molecular weight is 665 g/mol. The highest BCUT2D eigenvalue weighted by atomic mass is 35.5. The summed E-state index contributed by atoms with van der Waals surface area (Å²) in [5.74, 6) is 0. The van der Waals surface area contributed by atoms with E-state index in [1.54, 1.807) is 6.07 Å². The van der Waals surface area contributed by atoms with Crippen LogP contribution in [0.2, 0.25) is 5.02 Å². The molecule has 0 unspecified atom stereocenters. The van der Waals surface area contributed by atoms with Gasteiger partial charge in [-0.3, -0.25) is 0 Å². The number of aliphatic hydroxyl groups is 1. The lowest BCUT2D eigenvalue weighted by Gasteiger charge is -2.46. The Morgan fingerprint density at radius 3 is 1.48 bits per heavy atom. The molecule has 6 rings (SSSR count). The quantitative estimate of drug-likeness (QED) is 0.122. The van der Waals surface area contributed by atoms with Crippen molar-refractivity contribution in [1.29, 1.82) is 0 Å². The molecule has 1 fully saturated rings. The van der Waals surface area contributed by atoms with Gasteiger partial charge in [0.05, 0.1) is 39.6 Å². The van der Waals surface area contributed by atoms with Gasteiger partial charge in [0.2, 0.25) is 0 Å². The van der Waals surface area contributed by atoms with E-state index in [-0.39, 0.29) is 13.2 Å². The minimum atomic E-state index is -0.643. The average Bonchev–Trinajstić information content (AvgIpc) is 3.14. The Kier molecular flexibility index (Phi) is 12.4. The van der Waals surface area contributed by atoms with Crippen LogP contribution < -0.4 is 0 Å². The molecule has 0 saturated carbocycles. The number of rotatable bonds is 15. The molecular formula is C41H41ClO6. The molecule has 48 heavy (non-hydrogen) atoms. The van der Waals surface area contributed by atoms with Crippen LogP contribution in [0, 0.1) is 0 Å². The molecule has 6 nitrogen and oxygen atoms in total. The molecule has 0 radical (unpaired) electrons. The summed E-state index contributed by atoms with van der Waals surface area (Å²) in [7, 11) is 0. The van der Waals surface area contributed by atoms with Gasteiger partial charge in [0.1, 0.15) is 30.5 Å². The first-order chi connectivity index (χ1) is 23.7. The van der Waals surface area contributed by atoms with E-state index < -0.39 is 30.5 Å². The Morgan fingerprint density at radius 2 is 0.979 bits per heavy atom. The van der Waals surface area contributed by atoms with Gasteiger partial charge >= 0.3 is 0 Å². The van der Waals surface area contributed by atoms with Gasteiger partial charge in [-0.25, -0.2) is 0 Å². The topological polar surface area (TPSA) is 66.4 Å². The van der Waals surface area contributed by atoms with E-state index in [0.29, 0.717) is 37.0 Å². The van der Waals surface area contributed by atoms with Gasteiger partial charge < -0.3 is 28.8 Å². The number of aliphatic hydroxyl groups excluding tert-OH is 1. The van der Waals surface area contributed by atoms with Crippen LogP contribution in [0.3, 0.4) is 0 Å². The summed E-state index contributed by atoms with van der Waals surface area (Å²) in [4.78, 5) is 0. The monoisotopic (exact) mass is 664 g/mol. The van der Waals surface area contributed by atoms with E-state index in [0.717, 1.165) is 27.8 Å². The molecule has 0 spiro atoms. The van der Waals surface area contributed by atoms with Crippen LogP contribution in [0.5, 0.6) is 0 Å². The first-order valence-corrected chi connectivity index (χ1v) is 16.7. The molecule has 5 atom stereocenters. The van der Waals surface area contributed by atoms with Crippen molar-refractivity contribution in [3.05, 3.63) is 178 Å². The van der Waals surface area contributed by atoms with Gasteiger partial charge in [-0.05, 0) is 39.9 Å². The first kappa shape index (κ1) is 34.0. The van der Waals surface area contributed by atoms with Gasteiger partial charge in [-0.1, -0.05) is 139 Å². The van der Waals surface area contributed by atoms with Gasteiger partial charge in [-0.2, -0.15) is 0 Å². The highest BCUT2D eigenvalue weighted by molar-refractivity contribution is 6.31. The third kappa shape index (κ3) is 9.19. The summed E-state index contributed by atoms with van der Waals surface area (Å²) < 4.78 is 33.6. The van der Waals surface area contributed by atoms with Crippen molar-refractivity contribution in [2.45, 2.75) is 63.6 Å². The second-order valence-corrected chi connectivity index (χ2v) is 12.3. The second kappa shape index (κ2) is 17.5. The van der Waals surface area contributed by atoms with E-state index in [2.05, 4.69) is 0 Å². The van der Waals surface area contributed by atoms with Crippen LogP contribution in [0.1, 0.15) is 39.5 Å². The summed E-state index contributed by atoms with van der Waals surface area (Å²) in [6.07, 6.45) is -2.92. The fraction of sp³-hybridized carbons (Fsp3) is 0.268. The Hall–Kier alpha value is -3.85. The predicted molar refractivity (Wildman–Crippen MR) is 186 cm³/mol. The Balaban J connectivity index is 1.37. The van der Waals surface area contributed by atoms with Crippen molar-refractivity contribution in [2.24, 2.45) is 0 Å². The molecule has 5 aromatic carbocycles. The van der Waals surface area contributed by atoms with Gasteiger partial charge in [0.15, 0.2) is 0 Å². The molecule has 1 aliphatic heterocycles. The summed E-state index contributed by atoms with van der Waals surface area (Å²) in [6.45, 7) is 1.56. The predicted octanol–water partition coefficient (Wildman–Crippen LogP) is 8.25. The van der Waals surface area contributed by atoms with E-state index in [1.165, 1.54) is 0 Å². The zero-order valence-corrected chi connectivity index (χ0v) is 27.5. The zero-order chi connectivity index (χ0) is 33.0. The molecule has 1 saturated heterocycles. The van der Waals surface area contributed by atoms with Crippen molar-refractivity contribution >= 4 is 11.6 Å². The van der Waals surface area contributed by atoms with Crippen molar-refractivity contribution in [2.75, 3.05) is 6.61 Å². The van der Waals surface area contributed by atoms with Crippen LogP contribution in [0.4, 0.5) is 0 Å². The van der Waals surface area contributed by atoms with Crippen LogP contribution >= 0.6 is 11.6 Å². The minimum Gasteiger partial charge on any atom is -0.392 e. The number of hydrogen-bond donors (Lipinski definition) is 1. The molecule has 0 amide bonds. The second-order valence-electron chi connectivity index (χ2n) is 11.9. The maximum absolute atomic E-state index is 10.0. The first-order valence-electron chi connectivity index (χ1n) is 16.3. The summed E-state index contributed by atoms with van der Waals surface area (Å²) >= 11 is 6.88. The smallest absolute Gasteiger partial charge is 0.117 e. The molecule has 5 aromatic rings. The third-order valence-corrected chi connectivity index (χ3v) is 8.78. The molecule has 0 aliphatic carbocycles. The van der Waals surface area contributed by atoms with Crippen molar-refractivity contribution in [3.63, 3.8) is 0 Å². The highest BCUT2D eigenvalue weighted by Crippen LogP contribution is 2.41. The summed E-state index contributed by atoms with van der Waals surface area (Å²) in [6, 6.07) is 45.7. The minimum absolute atomic E-state index is 0.132. The molecule has 7 heteroatoms. The van der Waals surface area contributed by atoms with Crippen LogP contribution in [-0.4, -0.2) is 36.1 Å². The molecule has 0 aromatic heterocycles. The number of halogens is 1. The summed E-state index contributed by atoms with van der Waals surface area (Å²) in [5, 5.41) is 10.6. The van der Waals surface area contributed by atoms with Gasteiger partial charge in [0, 0.05) is 10.6 Å². The van der Waals surface area contributed by atoms with E-state index in [9.17, 15) is 5.11 Å². The maximum Gasteiger partial charge on any atom is 0.117 e. The van der Waals surface area contributed by atoms with Crippen LogP contribution in [0.25, 0.3) is 0 Å². The Morgan fingerprint density at radius 1 is 0.521 bits per heavy atom. The lowest BCUT2D eigenvalue weighted by atomic mass is 9.89. The van der Waals surface area contributed by atoms with E-state index in [1.807, 2.05) is 133 Å². The SMILES string of the molecule is OCc1ccc(Cl)c([C@@H]2O[C@H](COCc3ccccc3)[C@@H](OCc3ccccc3)[C@H](OCc3ccccc3)[C@H]2OCc2ccccc2)c1. The third-order valence-electron chi connectivity index (χ3n) is 8.43. The van der Waals surface area contributed by atoms with Gasteiger partial charge in [-0.15, -0.1) is 0 Å². The van der Waals surface area contributed by atoms with Crippen LogP contribution in [-0.2, 0) is 56.7 Å². The van der Waals surface area contributed by atoms with Crippen LogP contribution in [0.15, 0.2) is 140 Å². The van der Waals surface area contributed by atoms with E-state index in [4.69, 9.17) is 35.3 Å². The molecule has 0 bridgehead atoms. The fourth-order valence-corrected chi connectivity index (χ4v) is 6.17. The normalized spacial score (nSPS) is 20.8. The highest BCUT2D eigenvalue weighted by Gasteiger charge is 2.49. The molecule has 1 aliphatic rings. The summed E-state index contributed by atoms with van der Waals surface area (Å²) in [5.41, 5.74) is 5.58. The molecule has 1 heterocycles.